The van der Waals surface area contributed by atoms with Gasteiger partial charge in [0, 0.05) is 22.7 Å². The van der Waals surface area contributed by atoms with Crippen molar-refractivity contribution in [3.05, 3.63) is 88.8 Å². The number of nitrogens with one attached hydrogen (secondary N) is 1. The first-order valence-corrected chi connectivity index (χ1v) is 9.66. The predicted octanol–water partition coefficient (Wildman–Crippen LogP) is 5.72. The van der Waals surface area contributed by atoms with Crippen molar-refractivity contribution in [3.8, 4) is 5.75 Å². The molecule has 0 saturated heterocycles. The molecule has 0 atom stereocenters. The van der Waals surface area contributed by atoms with Gasteiger partial charge in [0.25, 0.3) is 5.91 Å². The summed E-state index contributed by atoms with van der Waals surface area (Å²) in [4.78, 5) is 16.9. The molecule has 0 unspecified atom stereocenters. The van der Waals surface area contributed by atoms with E-state index in [4.69, 9.17) is 20.8 Å². The number of halogens is 1. The maximum atomic E-state index is 12.5. The van der Waals surface area contributed by atoms with E-state index >= 15 is 0 Å². The summed E-state index contributed by atoms with van der Waals surface area (Å²) >= 11 is 5.99. The van der Waals surface area contributed by atoms with Gasteiger partial charge < -0.3 is 14.5 Å². The van der Waals surface area contributed by atoms with E-state index < -0.39 is 0 Å². The van der Waals surface area contributed by atoms with E-state index in [2.05, 4.69) is 10.3 Å². The van der Waals surface area contributed by atoms with Crippen molar-refractivity contribution in [2.24, 2.45) is 0 Å². The summed E-state index contributed by atoms with van der Waals surface area (Å²) in [7, 11) is 0. The molecule has 4 aromatic rings. The van der Waals surface area contributed by atoms with Crippen molar-refractivity contribution in [1.29, 1.82) is 0 Å². The first kappa shape index (κ1) is 19.0. The summed E-state index contributed by atoms with van der Waals surface area (Å²) in [5, 5.41) is 3.53. The van der Waals surface area contributed by atoms with Gasteiger partial charge >= 0.3 is 0 Å². The molecular weight excluding hydrogens is 388 g/mol. The third kappa shape index (κ3) is 4.58. The minimum absolute atomic E-state index is 0.185. The lowest BCUT2D eigenvalue weighted by Gasteiger charge is -2.08. The third-order valence-electron chi connectivity index (χ3n) is 4.37. The normalized spacial score (nSPS) is 10.8. The maximum Gasteiger partial charge on any atom is 0.255 e. The van der Waals surface area contributed by atoms with Crippen LogP contribution < -0.4 is 10.1 Å². The molecule has 29 heavy (non-hydrogen) atoms. The molecule has 3 aromatic carbocycles. The fourth-order valence-electron chi connectivity index (χ4n) is 3.00. The van der Waals surface area contributed by atoms with Crippen LogP contribution in [0.2, 0.25) is 5.02 Å². The topological polar surface area (TPSA) is 64.4 Å². The fraction of sp³-hybridized carbons (Fsp3) is 0.130. The number of fused-ring (bicyclic) bond motifs is 1. The summed E-state index contributed by atoms with van der Waals surface area (Å²) in [5.74, 6) is 1.11. The summed E-state index contributed by atoms with van der Waals surface area (Å²) in [6.07, 6.45) is 0.553. The van der Waals surface area contributed by atoms with Crippen LogP contribution in [0.4, 0.5) is 5.69 Å². The van der Waals surface area contributed by atoms with Gasteiger partial charge in [0.1, 0.15) is 11.3 Å². The van der Waals surface area contributed by atoms with Crippen LogP contribution >= 0.6 is 11.6 Å². The SMILES string of the molecule is CCOc1cccc(C(=O)Nc2ccc(Cc3nc4cc(Cl)ccc4o3)cc2)c1. The molecule has 6 heteroatoms. The summed E-state index contributed by atoms with van der Waals surface area (Å²) < 4.78 is 11.2. The lowest BCUT2D eigenvalue weighted by atomic mass is 10.1. The Morgan fingerprint density at radius 2 is 1.93 bits per heavy atom. The number of ether oxygens (including phenoxy) is 1. The molecule has 0 aliphatic carbocycles. The molecule has 0 aliphatic rings. The van der Waals surface area contributed by atoms with E-state index in [-0.39, 0.29) is 5.91 Å². The second kappa shape index (κ2) is 8.37. The van der Waals surface area contributed by atoms with Gasteiger partial charge in [0.05, 0.1) is 6.61 Å². The average Bonchev–Trinajstić information content (AvgIpc) is 3.11. The van der Waals surface area contributed by atoms with Crippen LogP contribution in [-0.4, -0.2) is 17.5 Å². The number of rotatable bonds is 6. The van der Waals surface area contributed by atoms with Crippen LogP contribution in [0, 0.1) is 0 Å². The molecule has 4 rings (SSSR count). The van der Waals surface area contributed by atoms with Gasteiger partial charge in [-0.2, -0.15) is 0 Å². The molecule has 1 aromatic heterocycles. The molecule has 0 radical (unpaired) electrons. The van der Waals surface area contributed by atoms with Gasteiger partial charge in [-0.3, -0.25) is 4.79 Å². The zero-order chi connectivity index (χ0) is 20.2. The zero-order valence-electron chi connectivity index (χ0n) is 15.8. The highest BCUT2D eigenvalue weighted by atomic mass is 35.5. The maximum absolute atomic E-state index is 12.5. The lowest BCUT2D eigenvalue weighted by molar-refractivity contribution is 0.102. The van der Waals surface area contributed by atoms with E-state index in [0.29, 0.717) is 46.5 Å². The largest absolute Gasteiger partial charge is 0.494 e. The number of nitrogens with zero attached hydrogens (tertiary/aromatic N) is 1. The van der Waals surface area contributed by atoms with Gasteiger partial charge in [-0.05, 0) is 61.0 Å². The van der Waals surface area contributed by atoms with Crippen molar-refractivity contribution in [3.63, 3.8) is 0 Å². The second-order valence-corrected chi connectivity index (χ2v) is 6.94. The highest BCUT2D eigenvalue weighted by Gasteiger charge is 2.09. The van der Waals surface area contributed by atoms with Crippen LogP contribution in [0.25, 0.3) is 11.1 Å². The van der Waals surface area contributed by atoms with Gasteiger partial charge in [0.15, 0.2) is 11.5 Å². The number of aromatic nitrogens is 1. The molecule has 0 spiro atoms. The predicted molar refractivity (Wildman–Crippen MR) is 114 cm³/mol. The summed E-state index contributed by atoms with van der Waals surface area (Å²) in [5.41, 5.74) is 3.74. The Kier molecular flexibility index (Phi) is 5.49. The monoisotopic (exact) mass is 406 g/mol. The molecular formula is C23H19ClN2O3. The number of oxazole rings is 1. The van der Waals surface area contributed by atoms with Gasteiger partial charge in [-0.25, -0.2) is 4.98 Å². The van der Waals surface area contributed by atoms with Crippen molar-refractivity contribution in [2.45, 2.75) is 13.3 Å². The standard InChI is InChI=1S/C23H19ClN2O3/c1-2-28-19-5-3-4-16(13-19)23(27)25-18-9-6-15(7-10-18)12-22-26-20-14-17(24)8-11-21(20)29-22/h3-11,13-14H,2,12H2,1H3,(H,25,27). The minimum atomic E-state index is -0.185. The quantitative estimate of drug-likeness (QED) is 0.444. The first-order chi connectivity index (χ1) is 14.1. The van der Waals surface area contributed by atoms with E-state index in [1.165, 1.54) is 0 Å². The van der Waals surface area contributed by atoms with E-state index in [9.17, 15) is 4.79 Å². The first-order valence-electron chi connectivity index (χ1n) is 9.29. The Morgan fingerprint density at radius 1 is 1.10 bits per heavy atom. The molecule has 1 heterocycles. The number of amides is 1. The van der Waals surface area contributed by atoms with E-state index in [1.807, 2.05) is 43.3 Å². The van der Waals surface area contributed by atoms with Crippen LogP contribution in [0.1, 0.15) is 28.7 Å². The molecule has 0 bridgehead atoms. The number of carbonyl (C=O) groups excluding carboxylic acids is 1. The smallest absolute Gasteiger partial charge is 0.255 e. The fourth-order valence-corrected chi connectivity index (χ4v) is 3.17. The summed E-state index contributed by atoms with van der Waals surface area (Å²) in [6.45, 7) is 2.46. The molecule has 1 amide bonds. The lowest BCUT2D eigenvalue weighted by Crippen LogP contribution is -2.12. The minimum Gasteiger partial charge on any atom is -0.494 e. The van der Waals surface area contributed by atoms with Crippen LogP contribution in [0.15, 0.2) is 71.1 Å². The zero-order valence-corrected chi connectivity index (χ0v) is 16.6. The van der Waals surface area contributed by atoms with Gasteiger partial charge in [0.2, 0.25) is 0 Å². The molecule has 1 N–H and O–H groups in total. The Hall–Kier alpha value is -3.31. The number of anilines is 1. The van der Waals surface area contributed by atoms with Crippen LogP contribution in [0.5, 0.6) is 5.75 Å². The molecule has 5 nitrogen and oxygen atoms in total. The molecule has 0 fully saturated rings. The van der Waals surface area contributed by atoms with Crippen LogP contribution in [-0.2, 0) is 6.42 Å². The second-order valence-electron chi connectivity index (χ2n) is 6.51. The number of hydrogen-bond acceptors (Lipinski definition) is 4. The third-order valence-corrected chi connectivity index (χ3v) is 4.60. The van der Waals surface area contributed by atoms with Crippen molar-refractivity contribution < 1.29 is 13.9 Å². The number of carbonyl (C=O) groups is 1. The Balaban J connectivity index is 1.43. The Labute approximate surface area is 173 Å². The number of hydrogen-bond donors (Lipinski definition) is 1. The van der Waals surface area contributed by atoms with Crippen molar-refractivity contribution in [2.75, 3.05) is 11.9 Å². The molecule has 146 valence electrons. The highest BCUT2D eigenvalue weighted by molar-refractivity contribution is 6.31. The summed E-state index contributed by atoms with van der Waals surface area (Å²) in [6, 6.07) is 20.1. The Morgan fingerprint density at radius 3 is 2.72 bits per heavy atom. The van der Waals surface area contributed by atoms with Crippen molar-refractivity contribution in [1.82, 2.24) is 4.98 Å². The van der Waals surface area contributed by atoms with Gasteiger partial charge in [-0.1, -0.05) is 29.8 Å². The molecule has 0 saturated carbocycles. The number of benzene rings is 3. The Bertz CT molecular complexity index is 1150. The average molecular weight is 407 g/mol. The van der Waals surface area contributed by atoms with E-state index in [1.54, 1.807) is 30.3 Å². The highest BCUT2D eigenvalue weighted by Crippen LogP contribution is 2.22. The van der Waals surface area contributed by atoms with Gasteiger partial charge in [-0.15, -0.1) is 0 Å². The molecule has 0 aliphatic heterocycles. The van der Waals surface area contributed by atoms with Crippen LogP contribution in [0.3, 0.4) is 0 Å². The van der Waals surface area contributed by atoms with Crippen molar-refractivity contribution >= 4 is 34.3 Å². The van der Waals surface area contributed by atoms with E-state index in [0.717, 1.165) is 11.1 Å².